The number of nitrogens with zero attached hydrogens (tertiary/aromatic N) is 6. The van der Waals surface area contributed by atoms with Crippen LogP contribution in [0.4, 0.5) is 69.7 Å². The molecule has 3 saturated heterocycles. The highest BCUT2D eigenvalue weighted by Crippen LogP contribution is 2.48. The van der Waals surface area contributed by atoms with Gasteiger partial charge in [0, 0.05) is 119 Å². The minimum absolute atomic E-state index is 0.0641. The van der Waals surface area contributed by atoms with Gasteiger partial charge in [0.2, 0.25) is 0 Å². The molecular weight excluding hydrogens is 1450 g/mol. The summed E-state index contributed by atoms with van der Waals surface area (Å²) in [5, 5.41) is 39.9. The molecule has 0 spiro atoms. The van der Waals surface area contributed by atoms with Gasteiger partial charge in [0.25, 0.3) is 17.8 Å². The first-order chi connectivity index (χ1) is 53.1. The van der Waals surface area contributed by atoms with Crippen LogP contribution in [-0.4, -0.2) is 212 Å². The lowest BCUT2D eigenvalue weighted by Gasteiger charge is -2.42. The van der Waals surface area contributed by atoms with Crippen LogP contribution in [0.3, 0.4) is 0 Å². The summed E-state index contributed by atoms with van der Waals surface area (Å²) in [4.78, 5) is 20.9. The third-order valence-electron chi connectivity index (χ3n) is 23.1. The van der Waals surface area contributed by atoms with E-state index in [1.54, 1.807) is 61.2 Å². The molecular formula is C84H102F12N12O3. The van der Waals surface area contributed by atoms with Crippen molar-refractivity contribution in [2.75, 3.05) is 114 Å². The van der Waals surface area contributed by atoms with Gasteiger partial charge in [0.15, 0.2) is 0 Å². The van der Waals surface area contributed by atoms with E-state index in [9.17, 15) is 54.8 Å². The number of benzene rings is 6. The van der Waals surface area contributed by atoms with Gasteiger partial charge < -0.3 is 46.2 Å². The minimum Gasteiger partial charge on any atom is -0.390 e. The quantitative estimate of drug-likeness (QED) is 0.0224. The van der Waals surface area contributed by atoms with Gasteiger partial charge in [-0.15, -0.1) is 0 Å². The summed E-state index contributed by atoms with van der Waals surface area (Å²) in [7, 11) is 0. The smallest absolute Gasteiger partial charge is 0.283 e. The largest absolute Gasteiger partial charge is 0.390 e. The normalized spacial score (nSPS) is 21.3. The average molecular weight is 1560 g/mol. The Morgan fingerprint density at radius 3 is 1.11 bits per heavy atom. The Balaban J connectivity index is 0.000000146. The fourth-order valence-electron chi connectivity index (χ4n) is 17.2. The number of aromatic nitrogens is 3. The molecule has 0 radical (unpaired) electrons. The van der Waals surface area contributed by atoms with E-state index in [-0.39, 0.29) is 63.9 Å². The molecule has 15 nitrogen and oxygen atoms in total. The maximum Gasteiger partial charge on any atom is 0.283 e. The molecule has 27 heteroatoms. The number of aliphatic hydroxyl groups excluding tert-OH is 3. The molecule has 0 unspecified atom stereocenters. The van der Waals surface area contributed by atoms with Crippen LogP contribution in [0.25, 0.3) is 32.7 Å². The van der Waals surface area contributed by atoms with Crippen LogP contribution < -0.4 is 16.0 Å². The van der Waals surface area contributed by atoms with E-state index in [0.29, 0.717) is 52.1 Å². The van der Waals surface area contributed by atoms with Gasteiger partial charge in [0.05, 0.1) is 72.4 Å². The molecule has 15 rings (SSSR count). The summed E-state index contributed by atoms with van der Waals surface area (Å²) < 4.78 is 178. The Morgan fingerprint density at radius 1 is 0.396 bits per heavy atom. The van der Waals surface area contributed by atoms with Crippen molar-refractivity contribution < 1.29 is 68.0 Å². The SMILES string of the molecule is CCCCN1CC(Nc2cc(F)c([C@@H]3c4[nH]c5c(F)cccc5c4C[C@@H](C)N3CC(F)(F)CO)c(F)c2)C1.CCCCN1CC(Nc2ccc([C@@H]3c4[nH]c5c(F)cccc5c4C[C@@H](C)N3CC(F)(F)CO)c(F)c2)C1.CCCCN1CC(Nc2ccc([C@@H]3c4[nH]c5c(F)cccc5c4C[C@@H](C)N3CC(F)(F)CO)cc2)C1. The maximum absolute atomic E-state index is 15.7. The standard InChI is InChI=1S/C28H33F5N4O.C28H34F4N4O.C28H35F3N4O/c1-3-4-8-36-12-18(13-36)34-17-10-22(30)24(23(31)11-17)27-26-20(19-6-5-7-21(29)25(19)35-26)9-16(2)37(27)14-28(32,33)15-38;1-3-4-10-35-13-19(14-35)33-18-8-9-21(24(30)12-18)27-26-22(20-6-5-7-23(29)25(20)34-26)11-17(2)36(27)15-28(31,32)16-37;1-3-4-12-34-14-21(15-34)32-20-10-8-19(9-11-20)27-26-23(22-6-5-7-24(29)25(22)33-26)13-18(2)35(27)16-28(30,31)17-36/h5-7,10-11,16,18,27,34-35,38H,3-4,8-9,12-15H2,1-2H3;5-9,12,17,19,27,33-34,37H,3-4,10-11,13-16H2,1-2H3;5-11,18,21,27,32-33,36H,3-4,12-17H2,1-2H3/t16-,27-;17-,27-;18-,27-/m111/s1. The lowest BCUT2D eigenvalue weighted by Crippen LogP contribution is -2.54. The number of rotatable bonds is 27. The van der Waals surface area contributed by atoms with Crippen LogP contribution in [0.2, 0.25) is 0 Å². The molecule has 6 aromatic carbocycles. The topological polar surface area (TPSA) is 164 Å². The predicted molar refractivity (Wildman–Crippen MR) is 411 cm³/mol. The van der Waals surface area contributed by atoms with Crippen LogP contribution in [0.15, 0.2) is 109 Å². The number of likely N-dealkylation sites (tertiary alicyclic amines) is 3. The summed E-state index contributed by atoms with van der Waals surface area (Å²) in [6.45, 7) is 14.3. The zero-order chi connectivity index (χ0) is 79.0. The summed E-state index contributed by atoms with van der Waals surface area (Å²) in [5.74, 6) is -13.7. The van der Waals surface area contributed by atoms with Crippen molar-refractivity contribution in [3.8, 4) is 0 Å². The highest BCUT2D eigenvalue weighted by Gasteiger charge is 2.47. The number of halogens is 12. The van der Waals surface area contributed by atoms with Gasteiger partial charge >= 0.3 is 0 Å². The third kappa shape index (κ3) is 17.6. The summed E-state index contributed by atoms with van der Waals surface area (Å²) in [6, 6.07) is 26.2. The van der Waals surface area contributed by atoms with Gasteiger partial charge in [-0.25, -0.2) is 52.7 Å². The van der Waals surface area contributed by atoms with Gasteiger partial charge in [-0.05, 0) is 156 Å². The van der Waals surface area contributed by atoms with E-state index >= 15 is 13.2 Å². The number of hydrogen-bond donors (Lipinski definition) is 9. The van der Waals surface area contributed by atoms with Crippen LogP contribution in [0.5, 0.6) is 0 Å². The molecule has 0 saturated carbocycles. The fourth-order valence-corrected chi connectivity index (χ4v) is 17.2. The number of aromatic amines is 3. The molecule has 6 aliphatic rings. The Labute approximate surface area is 639 Å². The molecule has 6 aliphatic heterocycles. The number of H-pyrrole nitrogens is 3. The number of alkyl halides is 6. The summed E-state index contributed by atoms with van der Waals surface area (Å²) in [6.07, 6.45) is 8.09. The van der Waals surface area contributed by atoms with Crippen molar-refractivity contribution in [3.63, 3.8) is 0 Å². The van der Waals surface area contributed by atoms with Crippen molar-refractivity contribution in [2.45, 2.75) is 171 Å². The summed E-state index contributed by atoms with van der Waals surface area (Å²) in [5.41, 5.74) is 7.43. The lowest BCUT2D eigenvalue weighted by atomic mass is 9.87. The van der Waals surface area contributed by atoms with Crippen molar-refractivity contribution in [3.05, 3.63) is 195 Å². The molecule has 3 fully saturated rings. The van der Waals surface area contributed by atoms with E-state index < -0.39 is 117 Å². The maximum atomic E-state index is 15.7. The minimum atomic E-state index is -3.50. The number of unbranched alkanes of at least 4 members (excludes halogenated alkanes) is 3. The number of para-hydroxylation sites is 3. The molecule has 0 aliphatic carbocycles. The van der Waals surface area contributed by atoms with E-state index in [2.05, 4.69) is 66.4 Å². The number of fused-ring (bicyclic) bond motifs is 9. The zero-order valence-corrected chi connectivity index (χ0v) is 63.6. The molecule has 600 valence electrons. The van der Waals surface area contributed by atoms with Crippen molar-refractivity contribution >= 4 is 49.8 Å². The third-order valence-corrected chi connectivity index (χ3v) is 23.1. The lowest BCUT2D eigenvalue weighted by molar-refractivity contribution is -0.0870. The van der Waals surface area contributed by atoms with Gasteiger partial charge in [-0.3, -0.25) is 29.4 Å². The molecule has 0 amide bonds. The van der Waals surface area contributed by atoms with E-state index in [1.165, 1.54) is 59.0 Å². The first kappa shape index (κ1) is 81.2. The fraction of sp³-hybridized carbons (Fsp3) is 0.500. The highest BCUT2D eigenvalue weighted by molar-refractivity contribution is 5.88. The molecule has 9 aromatic rings. The number of anilines is 3. The summed E-state index contributed by atoms with van der Waals surface area (Å²) >= 11 is 0. The Kier molecular flexibility index (Phi) is 24.9. The zero-order valence-electron chi connectivity index (χ0n) is 63.6. The molecule has 111 heavy (non-hydrogen) atoms. The average Bonchev–Trinajstić information content (AvgIpc) is 1.62. The number of aliphatic hydroxyl groups is 3. The Hall–Kier alpha value is -7.86. The van der Waals surface area contributed by atoms with Gasteiger partial charge in [-0.2, -0.15) is 0 Å². The van der Waals surface area contributed by atoms with Crippen molar-refractivity contribution in [2.24, 2.45) is 0 Å². The van der Waals surface area contributed by atoms with Crippen LogP contribution in [-0.2, 0) is 19.3 Å². The first-order valence-electron chi connectivity index (χ1n) is 39.1. The van der Waals surface area contributed by atoms with Crippen LogP contribution in [0, 0.1) is 34.9 Å². The second-order valence-electron chi connectivity index (χ2n) is 31.5. The Morgan fingerprint density at radius 2 is 0.730 bits per heavy atom. The molecule has 6 atom stereocenters. The second kappa shape index (κ2) is 34.1. The van der Waals surface area contributed by atoms with Gasteiger partial charge in [-0.1, -0.05) is 94.6 Å². The van der Waals surface area contributed by atoms with Crippen molar-refractivity contribution in [1.82, 2.24) is 44.4 Å². The van der Waals surface area contributed by atoms with Gasteiger partial charge in [0.1, 0.15) is 54.7 Å². The van der Waals surface area contributed by atoms with E-state index in [4.69, 9.17) is 0 Å². The van der Waals surface area contributed by atoms with E-state index in [1.807, 2.05) is 37.3 Å². The molecule has 3 aromatic heterocycles. The highest BCUT2D eigenvalue weighted by atomic mass is 19.3. The molecule has 0 bridgehead atoms. The molecule has 9 N–H and O–H groups in total. The van der Waals surface area contributed by atoms with E-state index in [0.717, 1.165) is 118 Å². The first-order valence-corrected chi connectivity index (χ1v) is 39.1. The Bertz CT molecular complexity index is 4650. The van der Waals surface area contributed by atoms with Crippen LogP contribution >= 0.6 is 0 Å². The number of nitrogens with one attached hydrogen (secondary N) is 6. The number of hydrogen-bond acceptors (Lipinski definition) is 12. The van der Waals surface area contributed by atoms with Crippen molar-refractivity contribution in [1.29, 1.82) is 0 Å². The van der Waals surface area contributed by atoms with Crippen LogP contribution in [0.1, 0.15) is 149 Å². The predicted octanol–water partition coefficient (Wildman–Crippen LogP) is 15.9. The molecule has 9 heterocycles. The monoisotopic (exact) mass is 1550 g/mol. The second-order valence-corrected chi connectivity index (χ2v) is 31.5.